The van der Waals surface area contributed by atoms with E-state index in [-0.39, 0.29) is 12.8 Å². The molecule has 0 aromatic heterocycles. The molecule has 63 heavy (non-hydrogen) atoms. The number of rotatable bonds is 46. The number of carbonyl (C=O) groups excluding carboxylic acids is 2. The van der Waals surface area contributed by atoms with Crippen molar-refractivity contribution in [3.05, 3.63) is 60.8 Å². The zero-order chi connectivity index (χ0) is 46.3. The maximum absolute atomic E-state index is 12.3. The van der Waals surface area contributed by atoms with Crippen LogP contribution in [-0.4, -0.2) is 64.9 Å². The number of nitrogens with one attached hydrogen (secondary N) is 1. The van der Waals surface area contributed by atoms with Crippen LogP contribution < -0.4 is 5.32 Å². The summed E-state index contributed by atoms with van der Waals surface area (Å²) < 4.78 is 26.9. The molecule has 0 aromatic rings. The molecule has 0 radical (unpaired) electrons. The van der Waals surface area contributed by atoms with Crippen LogP contribution in [0.25, 0.3) is 0 Å². The number of amides is 1. The van der Waals surface area contributed by atoms with E-state index in [1.165, 1.54) is 103 Å². The molecule has 0 saturated heterocycles. The number of carbonyl (C=O) groups is 3. The quantitative estimate of drug-likeness (QED) is 0.0200. The minimum Gasteiger partial charge on any atom is -0.480 e. The van der Waals surface area contributed by atoms with Crippen molar-refractivity contribution in [1.82, 2.24) is 5.32 Å². The second kappa shape index (κ2) is 45.7. The predicted octanol–water partition coefficient (Wildman–Crippen LogP) is 13.5. The van der Waals surface area contributed by atoms with Crippen LogP contribution in [0, 0.1) is 0 Å². The van der Waals surface area contributed by atoms with E-state index in [0.29, 0.717) is 12.8 Å². The lowest BCUT2D eigenvalue weighted by atomic mass is 10.0. The molecule has 4 N–H and O–H groups in total. The highest BCUT2D eigenvalue weighted by atomic mass is 31.2. The van der Waals surface area contributed by atoms with Crippen LogP contribution in [-0.2, 0) is 32.7 Å². The zero-order valence-electron chi connectivity index (χ0n) is 39.6. The Morgan fingerprint density at radius 3 is 1.38 bits per heavy atom. The van der Waals surface area contributed by atoms with E-state index in [2.05, 4.69) is 79.9 Å². The molecule has 0 aliphatic rings. The molecule has 0 aliphatic carbocycles. The van der Waals surface area contributed by atoms with Crippen molar-refractivity contribution in [3.8, 4) is 0 Å². The Balaban J connectivity index is 3.88. The average Bonchev–Trinajstić information content (AvgIpc) is 3.26. The highest BCUT2D eigenvalue weighted by molar-refractivity contribution is 7.47. The fourth-order valence-corrected chi connectivity index (χ4v) is 7.53. The maximum atomic E-state index is 12.3. The first-order valence-corrected chi connectivity index (χ1v) is 26.3. The van der Waals surface area contributed by atoms with Gasteiger partial charge in [0, 0.05) is 12.8 Å². The smallest absolute Gasteiger partial charge is 0.472 e. The summed E-state index contributed by atoms with van der Waals surface area (Å²) in [5.41, 5.74) is 0. The third-order valence-electron chi connectivity index (χ3n) is 10.6. The van der Waals surface area contributed by atoms with Crippen molar-refractivity contribution >= 4 is 25.7 Å². The topological polar surface area (TPSA) is 169 Å². The summed E-state index contributed by atoms with van der Waals surface area (Å²) >= 11 is 0. The molecular weight excluding hydrogens is 818 g/mol. The van der Waals surface area contributed by atoms with Crippen LogP contribution in [0.5, 0.6) is 0 Å². The van der Waals surface area contributed by atoms with E-state index in [0.717, 1.165) is 70.6 Å². The number of unbranched alkanes of at least 4 members (excludes halogenated alkanes) is 22. The van der Waals surface area contributed by atoms with E-state index in [1.807, 2.05) is 0 Å². The molecule has 12 heteroatoms. The van der Waals surface area contributed by atoms with Gasteiger partial charge in [-0.2, -0.15) is 0 Å². The van der Waals surface area contributed by atoms with Gasteiger partial charge in [-0.05, 0) is 57.8 Å². The zero-order valence-corrected chi connectivity index (χ0v) is 40.5. The third kappa shape index (κ3) is 45.5. The van der Waals surface area contributed by atoms with Gasteiger partial charge >= 0.3 is 19.8 Å². The highest BCUT2D eigenvalue weighted by Crippen LogP contribution is 2.43. The van der Waals surface area contributed by atoms with Gasteiger partial charge in [-0.15, -0.1) is 0 Å². The Hall–Kier alpha value is -2.82. The molecule has 0 heterocycles. The molecular formula is C51H90NO10P. The Kier molecular flexibility index (Phi) is 43.7. The van der Waals surface area contributed by atoms with E-state index >= 15 is 0 Å². The van der Waals surface area contributed by atoms with Gasteiger partial charge in [-0.25, -0.2) is 9.36 Å². The molecule has 11 nitrogen and oxygen atoms in total. The van der Waals surface area contributed by atoms with Gasteiger partial charge in [0.25, 0.3) is 0 Å². The van der Waals surface area contributed by atoms with Gasteiger partial charge in [0.2, 0.25) is 5.91 Å². The molecule has 1 amide bonds. The molecule has 0 rings (SSSR count). The van der Waals surface area contributed by atoms with Crippen LogP contribution in [0.1, 0.15) is 213 Å². The van der Waals surface area contributed by atoms with E-state index in [1.54, 1.807) is 0 Å². The Labute approximate surface area is 383 Å². The second-order valence-electron chi connectivity index (χ2n) is 16.6. The summed E-state index contributed by atoms with van der Waals surface area (Å²) in [6, 6.07) is -1.57. The van der Waals surface area contributed by atoms with Crippen LogP contribution in [0.4, 0.5) is 0 Å². The number of hydrogen-bond donors (Lipinski definition) is 4. The minimum atomic E-state index is -4.77. The molecule has 0 aliphatic heterocycles. The largest absolute Gasteiger partial charge is 0.480 e. The summed E-state index contributed by atoms with van der Waals surface area (Å²) in [5.74, 6) is -2.42. The molecule has 364 valence electrons. The molecule has 3 unspecified atom stereocenters. The molecule has 3 atom stereocenters. The van der Waals surface area contributed by atoms with Gasteiger partial charge in [-0.1, -0.05) is 203 Å². The monoisotopic (exact) mass is 908 g/mol. The van der Waals surface area contributed by atoms with Crippen molar-refractivity contribution in [2.24, 2.45) is 0 Å². The number of aliphatic carboxylic acids is 1. The van der Waals surface area contributed by atoms with Crippen LogP contribution in [0.2, 0.25) is 0 Å². The summed E-state index contributed by atoms with van der Waals surface area (Å²) in [4.78, 5) is 46.1. The molecule has 0 bridgehead atoms. The number of aliphatic hydroxyl groups is 1. The first kappa shape index (κ1) is 60.2. The summed E-state index contributed by atoms with van der Waals surface area (Å²) in [6.45, 7) is 2.48. The number of carboxylic acids is 1. The first-order valence-electron chi connectivity index (χ1n) is 24.8. The minimum absolute atomic E-state index is 0.104. The Morgan fingerprint density at radius 1 is 0.524 bits per heavy atom. The average molecular weight is 908 g/mol. The van der Waals surface area contributed by atoms with Crippen molar-refractivity contribution < 1.29 is 47.8 Å². The fourth-order valence-electron chi connectivity index (χ4n) is 6.75. The standard InChI is InChI=1S/C51H90NO10P/c1-3-5-7-9-11-13-15-17-19-21-23-25-27-29-31-33-35-37-39-41-43-50(55)60-44-47(53)45-61-63(58,59)62-46-48(51(56)57)52-49(54)42-40-38-36-34-32-30-28-26-24-22-20-18-16-14-12-10-8-6-4-2/h6,8,12,14,18,20,24,26,30,32,47-48,53H,3-5,7,9-11,13,15-17,19,21-23,25,27-29,31,33-46H2,1-2H3,(H,52,54)(H,56,57)(H,58,59)/b8-6-,14-12-,20-18-,26-24-,32-30-. The van der Waals surface area contributed by atoms with Gasteiger partial charge in [0.15, 0.2) is 6.04 Å². The summed E-state index contributed by atoms with van der Waals surface area (Å²) in [6.07, 6.45) is 53.9. The number of phosphoric acid groups is 1. The number of phosphoric ester groups is 1. The van der Waals surface area contributed by atoms with Crippen LogP contribution in [0.3, 0.4) is 0 Å². The number of aliphatic hydroxyl groups excluding tert-OH is 1. The number of hydrogen-bond acceptors (Lipinski definition) is 8. The maximum Gasteiger partial charge on any atom is 0.472 e. The highest BCUT2D eigenvalue weighted by Gasteiger charge is 2.28. The first-order chi connectivity index (χ1) is 30.6. The predicted molar refractivity (Wildman–Crippen MR) is 258 cm³/mol. The van der Waals surface area contributed by atoms with Crippen LogP contribution >= 0.6 is 7.82 Å². The number of esters is 1. The lowest BCUT2D eigenvalue weighted by Crippen LogP contribution is -2.43. The second-order valence-corrected chi connectivity index (χ2v) is 18.1. The number of allylic oxidation sites excluding steroid dienone is 10. The third-order valence-corrected chi connectivity index (χ3v) is 11.5. The van der Waals surface area contributed by atoms with E-state index < -0.39 is 57.6 Å². The van der Waals surface area contributed by atoms with Crippen molar-refractivity contribution in [2.75, 3.05) is 19.8 Å². The van der Waals surface area contributed by atoms with E-state index in [9.17, 15) is 34.1 Å². The fraction of sp³-hybridized carbons (Fsp3) is 0.745. The van der Waals surface area contributed by atoms with Gasteiger partial charge in [-0.3, -0.25) is 18.6 Å². The van der Waals surface area contributed by atoms with Gasteiger partial charge in [0.1, 0.15) is 12.7 Å². The van der Waals surface area contributed by atoms with Gasteiger partial charge < -0.3 is 25.2 Å². The molecule has 0 fully saturated rings. The lowest BCUT2D eigenvalue weighted by Gasteiger charge is -2.18. The van der Waals surface area contributed by atoms with Crippen molar-refractivity contribution in [1.29, 1.82) is 0 Å². The SMILES string of the molecule is CC/C=C\C/C=C\C/C=C\C/C=C\C/C=C\CCCCCC(=O)NC(COP(=O)(O)OCC(O)COC(=O)CCCCCCCCCCCCCCCCCCCCCC)C(=O)O. The molecule has 0 spiro atoms. The van der Waals surface area contributed by atoms with Gasteiger partial charge in [0.05, 0.1) is 13.2 Å². The Bertz CT molecular complexity index is 1300. The number of ether oxygens (including phenoxy) is 1. The van der Waals surface area contributed by atoms with E-state index in [4.69, 9.17) is 13.8 Å². The summed E-state index contributed by atoms with van der Waals surface area (Å²) in [7, 11) is -4.77. The number of carboxylic acid groups (broad SMARTS) is 1. The van der Waals surface area contributed by atoms with Crippen molar-refractivity contribution in [3.63, 3.8) is 0 Å². The van der Waals surface area contributed by atoms with Crippen LogP contribution in [0.15, 0.2) is 60.8 Å². The summed E-state index contributed by atoms with van der Waals surface area (Å²) in [5, 5.41) is 21.9. The molecule has 0 aromatic carbocycles. The normalized spacial score (nSPS) is 14.1. The van der Waals surface area contributed by atoms with Crippen molar-refractivity contribution in [2.45, 2.75) is 225 Å². The Morgan fingerprint density at radius 2 is 0.921 bits per heavy atom. The molecule has 0 saturated carbocycles. The lowest BCUT2D eigenvalue weighted by molar-refractivity contribution is -0.147.